The third-order valence-corrected chi connectivity index (χ3v) is 4.81. The van der Waals surface area contributed by atoms with Gasteiger partial charge in [-0.2, -0.15) is 5.10 Å². The molecule has 0 spiro atoms. The van der Waals surface area contributed by atoms with Gasteiger partial charge in [0.25, 0.3) is 5.91 Å². The summed E-state index contributed by atoms with van der Waals surface area (Å²) in [6, 6.07) is 18.6. The lowest BCUT2D eigenvalue weighted by Gasteiger charge is -2.11. The molecule has 0 radical (unpaired) electrons. The topological polar surface area (TPSA) is 86.2 Å². The van der Waals surface area contributed by atoms with Crippen LogP contribution in [0.3, 0.4) is 0 Å². The number of amides is 1. The van der Waals surface area contributed by atoms with Gasteiger partial charge in [0.1, 0.15) is 5.75 Å². The van der Waals surface area contributed by atoms with E-state index in [2.05, 4.69) is 17.1 Å². The Labute approximate surface area is 202 Å². The molecule has 0 saturated heterocycles. The predicted molar refractivity (Wildman–Crippen MR) is 131 cm³/mol. The van der Waals surface area contributed by atoms with E-state index in [1.807, 2.05) is 12.1 Å². The summed E-state index contributed by atoms with van der Waals surface area (Å²) in [7, 11) is 1.53. The smallest absolute Gasteiger partial charge is 0.343 e. The molecule has 34 heavy (non-hydrogen) atoms. The number of nitrogens with one attached hydrogen (secondary N) is 1. The second-order valence-corrected chi connectivity index (χ2v) is 7.43. The van der Waals surface area contributed by atoms with Crippen molar-refractivity contribution >= 4 is 29.7 Å². The molecule has 3 aromatic carbocycles. The molecule has 8 heteroatoms. The van der Waals surface area contributed by atoms with E-state index >= 15 is 0 Å². The summed E-state index contributed by atoms with van der Waals surface area (Å²) < 4.78 is 16.3. The Morgan fingerprint density at radius 3 is 2.53 bits per heavy atom. The second-order valence-electron chi connectivity index (χ2n) is 6.99. The van der Waals surface area contributed by atoms with Gasteiger partial charge in [0.05, 0.1) is 18.9 Å². The minimum Gasteiger partial charge on any atom is -0.493 e. The molecular weight excluding hydrogens is 456 g/mol. The second kappa shape index (κ2) is 12.2. The number of carbonyl (C=O) groups excluding carboxylic acids is 2. The third-order valence-electron chi connectivity index (χ3n) is 4.56. The number of ether oxygens (including phenoxy) is 3. The van der Waals surface area contributed by atoms with Gasteiger partial charge < -0.3 is 14.2 Å². The van der Waals surface area contributed by atoms with Crippen LogP contribution in [-0.4, -0.2) is 31.8 Å². The molecular formula is C26H23ClN2O5. The van der Waals surface area contributed by atoms with Gasteiger partial charge in [0.2, 0.25) is 0 Å². The first-order chi connectivity index (χ1) is 16.5. The van der Waals surface area contributed by atoms with Crippen LogP contribution < -0.4 is 19.6 Å². The van der Waals surface area contributed by atoms with Crippen LogP contribution in [-0.2, 0) is 11.2 Å². The number of nitrogens with zero attached hydrogens (tertiary/aromatic N) is 1. The number of allylic oxidation sites excluding steroid dienone is 1. The van der Waals surface area contributed by atoms with Crippen LogP contribution in [0.2, 0.25) is 5.02 Å². The van der Waals surface area contributed by atoms with Crippen molar-refractivity contribution in [2.45, 2.75) is 6.42 Å². The fourth-order valence-corrected chi connectivity index (χ4v) is 3.03. The fraction of sp³-hybridized carbons (Fsp3) is 0.115. The summed E-state index contributed by atoms with van der Waals surface area (Å²) in [6.07, 6.45) is 3.87. The average molecular weight is 479 g/mol. The lowest BCUT2D eigenvalue weighted by atomic mass is 10.1. The lowest BCUT2D eigenvalue weighted by Crippen LogP contribution is -2.24. The van der Waals surface area contributed by atoms with Crippen molar-refractivity contribution in [3.8, 4) is 17.2 Å². The van der Waals surface area contributed by atoms with Crippen molar-refractivity contribution in [2.75, 3.05) is 13.7 Å². The number of rotatable bonds is 10. The predicted octanol–water partition coefficient (Wildman–Crippen LogP) is 4.83. The van der Waals surface area contributed by atoms with E-state index < -0.39 is 11.9 Å². The Bertz CT molecular complexity index is 1190. The van der Waals surface area contributed by atoms with Crippen molar-refractivity contribution in [1.29, 1.82) is 0 Å². The molecule has 3 rings (SSSR count). The molecule has 0 aliphatic carbocycles. The monoisotopic (exact) mass is 478 g/mol. The molecule has 174 valence electrons. The maximum atomic E-state index is 12.4. The van der Waals surface area contributed by atoms with Gasteiger partial charge in [-0.3, -0.25) is 4.79 Å². The number of benzene rings is 3. The van der Waals surface area contributed by atoms with E-state index in [4.69, 9.17) is 25.8 Å². The Kier molecular flexibility index (Phi) is 8.82. The number of carbonyl (C=O) groups is 2. The van der Waals surface area contributed by atoms with Gasteiger partial charge in [-0.1, -0.05) is 35.9 Å². The van der Waals surface area contributed by atoms with Gasteiger partial charge in [0.15, 0.2) is 18.1 Å². The maximum absolute atomic E-state index is 12.4. The average Bonchev–Trinajstić information content (AvgIpc) is 2.84. The summed E-state index contributed by atoms with van der Waals surface area (Å²) in [5, 5.41) is 4.45. The van der Waals surface area contributed by atoms with Crippen LogP contribution >= 0.6 is 11.6 Å². The van der Waals surface area contributed by atoms with E-state index in [0.717, 1.165) is 5.56 Å². The normalized spacial score (nSPS) is 10.5. The van der Waals surface area contributed by atoms with E-state index in [9.17, 15) is 9.59 Å². The number of para-hydroxylation sites is 1. The first-order valence-corrected chi connectivity index (χ1v) is 10.7. The molecule has 1 amide bonds. The third kappa shape index (κ3) is 6.95. The number of hydrazone groups is 1. The molecule has 0 heterocycles. The maximum Gasteiger partial charge on any atom is 0.343 e. The van der Waals surface area contributed by atoms with Crippen LogP contribution in [0.4, 0.5) is 0 Å². The Balaban J connectivity index is 1.57. The zero-order valence-corrected chi connectivity index (χ0v) is 19.2. The summed E-state index contributed by atoms with van der Waals surface area (Å²) in [5.41, 5.74) is 4.26. The first kappa shape index (κ1) is 24.5. The molecule has 0 atom stereocenters. The summed E-state index contributed by atoms with van der Waals surface area (Å²) in [6.45, 7) is 3.45. The molecule has 0 aromatic heterocycles. The highest BCUT2D eigenvalue weighted by molar-refractivity contribution is 6.30. The van der Waals surface area contributed by atoms with Crippen molar-refractivity contribution < 1.29 is 23.8 Å². The standard InChI is InChI=1S/C26H23ClN2O5/c1-3-6-18-9-14-23(24(15-18)32-2)33-17-25(30)29-28-16-20-7-4-5-8-22(20)34-26(31)19-10-12-21(27)13-11-19/h3-5,7-16H,1,6,17H2,2H3,(H,29,30)/b28-16+. The van der Waals surface area contributed by atoms with Crippen LogP contribution in [0.1, 0.15) is 21.5 Å². The van der Waals surface area contributed by atoms with Crippen molar-refractivity contribution in [3.05, 3.63) is 101 Å². The summed E-state index contributed by atoms with van der Waals surface area (Å²) in [4.78, 5) is 24.5. The molecule has 0 unspecified atom stereocenters. The van der Waals surface area contributed by atoms with Gasteiger partial charge >= 0.3 is 5.97 Å². The van der Waals surface area contributed by atoms with Gasteiger partial charge in [0, 0.05) is 10.6 Å². The molecule has 0 aliphatic rings. The van der Waals surface area contributed by atoms with Crippen LogP contribution in [0.25, 0.3) is 0 Å². The molecule has 0 bridgehead atoms. The SMILES string of the molecule is C=CCc1ccc(OCC(=O)N/N=C/c2ccccc2OC(=O)c2ccc(Cl)cc2)c(OC)c1. The Morgan fingerprint density at radius 2 is 1.79 bits per heavy atom. The fourth-order valence-electron chi connectivity index (χ4n) is 2.90. The first-order valence-electron chi connectivity index (χ1n) is 10.3. The largest absolute Gasteiger partial charge is 0.493 e. The number of esters is 1. The highest BCUT2D eigenvalue weighted by Gasteiger charge is 2.11. The van der Waals surface area contributed by atoms with Crippen molar-refractivity contribution in [1.82, 2.24) is 5.43 Å². The highest BCUT2D eigenvalue weighted by atomic mass is 35.5. The number of methoxy groups -OCH3 is 1. The molecule has 1 N–H and O–H groups in total. The molecule has 0 fully saturated rings. The Morgan fingerprint density at radius 1 is 1.03 bits per heavy atom. The minimum atomic E-state index is -0.539. The molecule has 7 nitrogen and oxygen atoms in total. The molecule has 3 aromatic rings. The van der Waals surface area contributed by atoms with E-state index in [0.29, 0.717) is 39.8 Å². The van der Waals surface area contributed by atoms with E-state index in [1.165, 1.54) is 13.3 Å². The van der Waals surface area contributed by atoms with Crippen LogP contribution in [0, 0.1) is 0 Å². The van der Waals surface area contributed by atoms with Gasteiger partial charge in [-0.25, -0.2) is 10.2 Å². The summed E-state index contributed by atoms with van der Waals surface area (Å²) >= 11 is 5.85. The zero-order valence-electron chi connectivity index (χ0n) is 18.5. The quantitative estimate of drug-likeness (QED) is 0.148. The lowest BCUT2D eigenvalue weighted by molar-refractivity contribution is -0.123. The van der Waals surface area contributed by atoms with Crippen molar-refractivity contribution in [2.24, 2.45) is 5.10 Å². The highest BCUT2D eigenvalue weighted by Crippen LogP contribution is 2.28. The molecule has 0 saturated carbocycles. The zero-order chi connectivity index (χ0) is 24.3. The number of halogens is 1. The molecule has 0 aliphatic heterocycles. The van der Waals surface area contributed by atoms with Crippen molar-refractivity contribution in [3.63, 3.8) is 0 Å². The van der Waals surface area contributed by atoms with Crippen LogP contribution in [0.15, 0.2) is 84.5 Å². The van der Waals surface area contributed by atoms with Gasteiger partial charge in [-0.05, 0) is 60.5 Å². The number of hydrogen-bond acceptors (Lipinski definition) is 6. The Hall–Kier alpha value is -4.10. The van der Waals surface area contributed by atoms with E-state index in [1.54, 1.807) is 60.7 Å². The van der Waals surface area contributed by atoms with E-state index in [-0.39, 0.29) is 6.61 Å². The number of hydrogen-bond donors (Lipinski definition) is 1. The van der Waals surface area contributed by atoms with Gasteiger partial charge in [-0.15, -0.1) is 6.58 Å². The minimum absolute atomic E-state index is 0.262. The van der Waals surface area contributed by atoms with Crippen LogP contribution in [0.5, 0.6) is 17.2 Å². The summed E-state index contributed by atoms with van der Waals surface area (Å²) in [5.74, 6) is 0.245.